The first-order chi connectivity index (χ1) is 5.70. The van der Waals surface area contributed by atoms with E-state index in [9.17, 15) is 5.11 Å². The van der Waals surface area contributed by atoms with Gasteiger partial charge in [-0.15, -0.1) is 0 Å². The second-order valence-corrected chi connectivity index (χ2v) is 4.50. The van der Waals surface area contributed by atoms with Gasteiger partial charge in [-0.25, -0.2) is 0 Å². The number of ether oxygens (including phenoxy) is 1. The number of rotatable bonds is 0. The summed E-state index contributed by atoms with van der Waals surface area (Å²) in [6, 6.07) is 0. The van der Waals surface area contributed by atoms with E-state index in [4.69, 9.17) is 4.74 Å². The van der Waals surface area contributed by atoms with E-state index in [2.05, 4.69) is 13.8 Å². The van der Waals surface area contributed by atoms with Gasteiger partial charge in [0.05, 0.1) is 6.61 Å². The van der Waals surface area contributed by atoms with Gasteiger partial charge < -0.3 is 9.84 Å². The van der Waals surface area contributed by atoms with Gasteiger partial charge in [-0.3, -0.25) is 0 Å². The Kier molecular flexibility index (Phi) is 2.13. The molecule has 0 amide bonds. The van der Waals surface area contributed by atoms with Crippen molar-refractivity contribution in [3.05, 3.63) is 0 Å². The van der Waals surface area contributed by atoms with Gasteiger partial charge in [-0.05, 0) is 30.6 Å². The van der Waals surface area contributed by atoms with E-state index in [0.717, 1.165) is 6.61 Å². The second kappa shape index (κ2) is 3.00. The number of aliphatic hydroxyl groups is 1. The minimum Gasteiger partial charge on any atom is -0.368 e. The molecule has 1 aliphatic heterocycles. The standard InChI is InChI=1S/C10H18O2/c1-6-3-4-8-7(2)5-12-10(11)9(6)8/h6-11H,3-5H2,1-2H3/t6-,7-,8+,9+,10-/m0/s1. The van der Waals surface area contributed by atoms with Crippen molar-refractivity contribution in [3.8, 4) is 0 Å². The van der Waals surface area contributed by atoms with E-state index >= 15 is 0 Å². The van der Waals surface area contributed by atoms with Crippen LogP contribution < -0.4 is 0 Å². The zero-order valence-corrected chi connectivity index (χ0v) is 7.86. The third-order valence-electron chi connectivity index (χ3n) is 3.70. The molecule has 2 heteroatoms. The molecule has 2 nitrogen and oxygen atoms in total. The minimum absolute atomic E-state index is 0.411. The topological polar surface area (TPSA) is 29.5 Å². The zero-order chi connectivity index (χ0) is 8.72. The van der Waals surface area contributed by atoms with E-state index < -0.39 is 6.29 Å². The summed E-state index contributed by atoms with van der Waals surface area (Å²) < 4.78 is 5.33. The molecule has 1 saturated heterocycles. The average molecular weight is 170 g/mol. The van der Waals surface area contributed by atoms with E-state index in [-0.39, 0.29) is 0 Å². The zero-order valence-electron chi connectivity index (χ0n) is 7.86. The van der Waals surface area contributed by atoms with E-state index in [1.165, 1.54) is 12.8 Å². The molecule has 1 saturated carbocycles. The van der Waals surface area contributed by atoms with Gasteiger partial charge in [0.2, 0.25) is 0 Å². The Morgan fingerprint density at radius 3 is 2.58 bits per heavy atom. The molecule has 1 heterocycles. The Morgan fingerprint density at radius 1 is 1.17 bits per heavy atom. The van der Waals surface area contributed by atoms with Gasteiger partial charge in [0, 0.05) is 5.92 Å². The minimum atomic E-state index is -0.483. The molecule has 5 atom stereocenters. The Labute approximate surface area is 73.9 Å². The van der Waals surface area contributed by atoms with Crippen LogP contribution in [0.4, 0.5) is 0 Å². The van der Waals surface area contributed by atoms with Crippen LogP contribution in [0, 0.1) is 23.7 Å². The first-order valence-corrected chi connectivity index (χ1v) is 5.00. The van der Waals surface area contributed by atoms with Gasteiger partial charge in [-0.2, -0.15) is 0 Å². The van der Waals surface area contributed by atoms with Crippen LogP contribution in [0.3, 0.4) is 0 Å². The quantitative estimate of drug-likeness (QED) is 0.598. The maximum absolute atomic E-state index is 9.65. The van der Waals surface area contributed by atoms with E-state index in [1.54, 1.807) is 0 Å². The van der Waals surface area contributed by atoms with E-state index in [0.29, 0.717) is 23.7 Å². The molecule has 2 rings (SSSR count). The highest BCUT2D eigenvalue weighted by molar-refractivity contribution is 4.89. The highest BCUT2D eigenvalue weighted by Gasteiger charge is 2.44. The smallest absolute Gasteiger partial charge is 0.157 e. The van der Waals surface area contributed by atoms with Crippen LogP contribution in [-0.2, 0) is 4.74 Å². The van der Waals surface area contributed by atoms with Crippen LogP contribution in [-0.4, -0.2) is 18.0 Å². The van der Waals surface area contributed by atoms with Crippen LogP contribution in [0.25, 0.3) is 0 Å². The van der Waals surface area contributed by atoms with Crippen molar-refractivity contribution in [1.29, 1.82) is 0 Å². The van der Waals surface area contributed by atoms with Crippen LogP contribution in [0.1, 0.15) is 26.7 Å². The molecular formula is C10H18O2. The highest BCUT2D eigenvalue weighted by Crippen LogP contribution is 2.45. The third-order valence-corrected chi connectivity index (χ3v) is 3.70. The summed E-state index contributed by atoms with van der Waals surface area (Å²) in [7, 11) is 0. The predicted molar refractivity (Wildman–Crippen MR) is 46.5 cm³/mol. The van der Waals surface area contributed by atoms with Crippen molar-refractivity contribution in [2.75, 3.05) is 6.61 Å². The maximum Gasteiger partial charge on any atom is 0.157 e. The maximum atomic E-state index is 9.65. The fourth-order valence-electron chi connectivity index (χ4n) is 2.90. The molecule has 1 N–H and O–H groups in total. The molecular weight excluding hydrogens is 152 g/mol. The molecule has 0 spiro atoms. The molecule has 70 valence electrons. The second-order valence-electron chi connectivity index (χ2n) is 4.50. The van der Waals surface area contributed by atoms with Gasteiger partial charge in [0.15, 0.2) is 6.29 Å². The molecule has 0 aromatic rings. The Balaban J connectivity index is 2.13. The summed E-state index contributed by atoms with van der Waals surface area (Å²) in [6.45, 7) is 5.21. The van der Waals surface area contributed by atoms with Gasteiger partial charge in [-0.1, -0.05) is 13.8 Å². The van der Waals surface area contributed by atoms with Crippen molar-refractivity contribution in [2.24, 2.45) is 23.7 Å². The van der Waals surface area contributed by atoms with Crippen LogP contribution in [0.5, 0.6) is 0 Å². The SMILES string of the molecule is C[C@H]1CO[C@H](O)[C@H]2[C@@H]1CC[C@@H]2C. The Bertz CT molecular complexity index is 169. The lowest BCUT2D eigenvalue weighted by Gasteiger charge is -2.37. The van der Waals surface area contributed by atoms with Gasteiger partial charge in [0.1, 0.15) is 0 Å². The summed E-state index contributed by atoms with van der Waals surface area (Å²) >= 11 is 0. The summed E-state index contributed by atoms with van der Waals surface area (Å²) in [4.78, 5) is 0. The average Bonchev–Trinajstić information content (AvgIpc) is 2.42. The molecule has 0 bridgehead atoms. The number of hydrogen-bond donors (Lipinski definition) is 1. The molecule has 2 fully saturated rings. The largest absolute Gasteiger partial charge is 0.368 e. The Morgan fingerprint density at radius 2 is 1.92 bits per heavy atom. The van der Waals surface area contributed by atoms with Gasteiger partial charge in [0.25, 0.3) is 0 Å². The van der Waals surface area contributed by atoms with Crippen molar-refractivity contribution in [1.82, 2.24) is 0 Å². The molecule has 0 aromatic carbocycles. The molecule has 2 aliphatic rings. The molecule has 0 aromatic heterocycles. The number of aliphatic hydroxyl groups excluding tert-OH is 1. The van der Waals surface area contributed by atoms with Crippen molar-refractivity contribution >= 4 is 0 Å². The predicted octanol–water partition coefficient (Wildman–Crippen LogP) is 1.63. The normalized spacial score (nSPS) is 53.8. The fourth-order valence-corrected chi connectivity index (χ4v) is 2.90. The monoisotopic (exact) mass is 170 g/mol. The lowest BCUT2D eigenvalue weighted by molar-refractivity contribution is -0.195. The Hall–Kier alpha value is -0.0800. The summed E-state index contributed by atoms with van der Waals surface area (Å²) in [5.41, 5.74) is 0. The van der Waals surface area contributed by atoms with Crippen LogP contribution in [0.2, 0.25) is 0 Å². The molecule has 1 aliphatic carbocycles. The first kappa shape index (κ1) is 8.52. The summed E-state index contributed by atoms with van der Waals surface area (Å²) in [5, 5.41) is 9.65. The number of fused-ring (bicyclic) bond motifs is 1. The number of hydrogen-bond acceptors (Lipinski definition) is 2. The first-order valence-electron chi connectivity index (χ1n) is 5.00. The lowest BCUT2D eigenvalue weighted by atomic mass is 9.80. The van der Waals surface area contributed by atoms with Crippen molar-refractivity contribution in [2.45, 2.75) is 33.0 Å². The van der Waals surface area contributed by atoms with Crippen molar-refractivity contribution in [3.63, 3.8) is 0 Å². The molecule has 12 heavy (non-hydrogen) atoms. The molecule has 0 radical (unpaired) electrons. The fraction of sp³-hybridized carbons (Fsp3) is 1.00. The molecule has 0 unspecified atom stereocenters. The van der Waals surface area contributed by atoms with Crippen LogP contribution >= 0.6 is 0 Å². The lowest BCUT2D eigenvalue weighted by Crippen LogP contribution is -2.40. The summed E-state index contributed by atoms with van der Waals surface area (Å²) in [6.07, 6.45) is 2.07. The van der Waals surface area contributed by atoms with Crippen molar-refractivity contribution < 1.29 is 9.84 Å². The van der Waals surface area contributed by atoms with E-state index in [1.807, 2.05) is 0 Å². The summed E-state index contributed by atoms with van der Waals surface area (Å²) in [5.74, 6) is 2.41. The van der Waals surface area contributed by atoms with Crippen LogP contribution in [0.15, 0.2) is 0 Å². The van der Waals surface area contributed by atoms with Gasteiger partial charge >= 0.3 is 0 Å². The highest BCUT2D eigenvalue weighted by atomic mass is 16.6. The third kappa shape index (κ3) is 1.17.